The van der Waals surface area contributed by atoms with Crippen LogP contribution in [-0.2, 0) is 9.53 Å². The van der Waals surface area contributed by atoms with Gasteiger partial charge in [-0.05, 0) is 36.4 Å². The van der Waals surface area contributed by atoms with Crippen LogP contribution in [0.2, 0.25) is 0 Å². The van der Waals surface area contributed by atoms with E-state index in [0.29, 0.717) is 28.1 Å². The molecule has 0 bridgehead atoms. The van der Waals surface area contributed by atoms with Crippen molar-refractivity contribution in [3.63, 3.8) is 0 Å². The largest absolute Gasteiger partial charge is 0.451 e. The smallest absolute Gasteiger partial charge is 0.357 e. The molecule has 0 saturated heterocycles. The molecule has 5 aromatic rings. The molecule has 0 aliphatic carbocycles. The summed E-state index contributed by atoms with van der Waals surface area (Å²) in [6.45, 7) is -0.485. The molecule has 0 aliphatic heterocycles. The summed E-state index contributed by atoms with van der Waals surface area (Å²) in [5.74, 6) is -1.20. The van der Waals surface area contributed by atoms with Gasteiger partial charge >= 0.3 is 11.7 Å². The van der Waals surface area contributed by atoms with E-state index in [1.54, 1.807) is 24.3 Å². The van der Waals surface area contributed by atoms with Gasteiger partial charge in [-0.1, -0.05) is 48.5 Å². The molecule has 9 heteroatoms. The quantitative estimate of drug-likeness (QED) is 0.340. The highest BCUT2D eigenvalue weighted by Crippen LogP contribution is 2.22. The minimum absolute atomic E-state index is 0.198. The van der Waals surface area contributed by atoms with E-state index in [1.165, 1.54) is 4.68 Å². The highest BCUT2D eigenvalue weighted by Gasteiger charge is 2.20. The van der Waals surface area contributed by atoms with Crippen molar-refractivity contribution in [2.24, 2.45) is 0 Å². The minimum Gasteiger partial charge on any atom is -0.451 e. The third-order valence-corrected chi connectivity index (χ3v) is 5.12. The molecule has 168 valence electrons. The number of fused-ring (bicyclic) bond motifs is 1. The first-order valence-electron chi connectivity index (χ1n) is 10.5. The Bertz CT molecular complexity index is 1530. The van der Waals surface area contributed by atoms with Crippen LogP contribution in [-0.4, -0.2) is 38.2 Å². The fraction of sp³-hybridized carbons (Fsp3) is 0.0400. The Morgan fingerprint density at radius 2 is 1.59 bits per heavy atom. The van der Waals surface area contributed by atoms with Crippen molar-refractivity contribution >= 4 is 28.6 Å². The second kappa shape index (κ2) is 8.91. The van der Waals surface area contributed by atoms with Gasteiger partial charge in [-0.3, -0.25) is 4.79 Å². The highest BCUT2D eigenvalue weighted by molar-refractivity contribution is 5.96. The number of imidazole rings is 1. The molecular weight excluding hydrogens is 434 g/mol. The molecule has 9 nitrogen and oxygen atoms in total. The Kier molecular flexibility index (Phi) is 5.49. The van der Waals surface area contributed by atoms with Gasteiger partial charge in [0.25, 0.3) is 5.91 Å². The van der Waals surface area contributed by atoms with Gasteiger partial charge in [0.2, 0.25) is 0 Å². The van der Waals surface area contributed by atoms with E-state index in [4.69, 9.17) is 4.74 Å². The summed E-state index contributed by atoms with van der Waals surface area (Å²) < 4.78 is 6.79. The maximum Gasteiger partial charge on any atom is 0.357 e. The molecular formula is C25H19N5O4. The van der Waals surface area contributed by atoms with Crippen molar-refractivity contribution in [1.82, 2.24) is 19.7 Å². The Hall–Kier alpha value is -4.92. The number of aromatic amines is 2. The number of ether oxygens (including phenoxy) is 1. The topological polar surface area (TPSA) is 122 Å². The summed E-state index contributed by atoms with van der Waals surface area (Å²) in [4.78, 5) is 41.9. The van der Waals surface area contributed by atoms with Crippen molar-refractivity contribution in [3.8, 4) is 16.9 Å². The van der Waals surface area contributed by atoms with Crippen molar-refractivity contribution in [1.29, 1.82) is 0 Å². The van der Waals surface area contributed by atoms with E-state index in [9.17, 15) is 14.4 Å². The van der Waals surface area contributed by atoms with Crippen LogP contribution in [0.4, 0.5) is 5.69 Å². The van der Waals surface area contributed by atoms with Crippen LogP contribution in [0.3, 0.4) is 0 Å². The number of H-pyrrole nitrogens is 2. The molecule has 5 rings (SSSR count). The Labute approximate surface area is 193 Å². The average Bonchev–Trinajstić information content (AvgIpc) is 3.47. The second-order valence-corrected chi connectivity index (χ2v) is 7.49. The van der Waals surface area contributed by atoms with Gasteiger partial charge in [-0.15, -0.1) is 0 Å². The van der Waals surface area contributed by atoms with Crippen molar-refractivity contribution in [2.45, 2.75) is 0 Å². The zero-order chi connectivity index (χ0) is 23.5. The zero-order valence-corrected chi connectivity index (χ0v) is 17.8. The number of esters is 1. The second-order valence-electron chi connectivity index (χ2n) is 7.49. The number of amides is 1. The fourth-order valence-electron chi connectivity index (χ4n) is 3.55. The van der Waals surface area contributed by atoms with Crippen molar-refractivity contribution < 1.29 is 14.3 Å². The van der Waals surface area contributed by atoms with Gasteiger partial charge in [-0.25, -0.2) is 14.3 Å². The molecule has 0 radical (unpaired) electrons. The minimum atomic E-state index is -0.681. The van der Waals surface area contributed by atoms with Crippen LogP contribution in [0.15, 0.2) is 89.7 Å². The van der Waals surface area contributed by atoms with Crippen LogP contribution in [0.1, 0.15) is 10.5 Å². The van der Waals surface area contributed by atoms with E-state index in [0.717, 1.165) is 5.56 Å². The number of nitrogens with one attached hydrogen (secondary N) is 3. The number of rotatable bonds is 6. The predicted molar refractivity (Wildman–Crippen MR) is 127 cm³/mol. The summed E-state index contributed by atoms with van der Waals surface area (Å²) in [7, 11) is 0. The molecule has 0 atom stereocenters. The third-order valence-electron chi connectivity index (χ3n) is 5.12. The first-order valence-corrected chi connectivity index (χ1v) is 10.5. The molecule has 0 spiro atoms. The van der Waals surface area contributed by atoms with E-state index in [-0.39, 0.29) is 11.4 Å². The number of carbonyl (C=O) groups is 2. The standard InChI is InChI=1S/C25H19N5O4/c31-23(26-17-11-12-19-21(13-17)28-25(33)27-19)15-34-24(32)22-14-20(16-7-3-1-4-8-16)29-30(22)18-9-5-2-6-10-18/h1-14H,15H2,(H,26,31)(H2,27,28,33). The van der Waals surface area contributed by atoms with E-state index < -0.39 is 18.5 Å². The lowest BCUT2D eigenvalue weighted by molar-refractivity contribution is -0.119. The maximum absolute atomic E-state index is 12.9. The molecule has 1 amide bonds. The lowest BCUT2D eigenvalue weighted by Crippen LogP contribution is -2.22. The number of aromatic nitrogens is 4. The molecule has 0 aliphatic rings. The van der Waals surface area contributed by atoms with Crippen LogP contribution < -0.4 is 11.0 Å². The third kappa shape index (κ3) is 4.35. The van der Waals surface area contributed by atoms with Crippen molar-refractivity contribution in [2.75, 3.05) is 11.9 Å². The number of carbonyl (C=O) groups excluding carboxylic acids is 2. The highest BCUT2D eigenvalue weighted by atomic mass is 16.5. The first kappa shape index (κ1) is 21.0. The van der Waals surface area contributed by atoms with Gasteiger partial charge in [0.15, 0.2) is 12.3 Å². The summed E-state index contributed by atoms with van der Waals surface area (Å²) >= 11 is 0. The first-order chi connectivity index (χ1) is 16.6. The van der Waals surface area contributed by atoms with E-state index in [1.807, 2.05) is 60.7 Å². The number of para-hydroxylation sites is 1. The summed E-state index contributed by atoms with van der Waals surface area (Å²) in [5, 5.41) is 7.23. The zero-order valence-electron chi connectivity index (χ0n) is 17.8. The summed E-state index contributed by atoms with van der Waals surface area (Å²) in [5.41, 5.74) is 3.65. The molecule has 0 saturated carbocycles. The van der Waals surface area contributed by atoms with Gasteiger partial charge in [0, 0.05) is 11.3 Å². The SMILES string of the molecule is O=C(COC(=O)c1cc(-c2ccccc2)nn1-c1ccccc1)Nc1ccc2[nH]c(=O)[nH]c2c1. The van der Waals surface area contributed by atoms with E-state index in [2.05, 4.69) is 20.4 Å². The molecule has 34 heavy (non-hydrogen) atoms. The number of hydrogen-bond acceptors (Lipinski definition) is 5. The van der Waals surface area contributed by atoms with Gasteiger partial charge in [0.05, 0.1) is 22.4 Å². The molecule has 3 N–H and O–H groups in total. The Balaban J connectivity index is 1.33. The van der Waals surface area contributed by atoms with Crippen LogP contribution in [0, 0.1) is 0 Å². The predicted octanol–water partition coefficient (Wildman–Crippen LogP) is 3.50. The van der Waals surface area contributed by atoms with Crippen LogP contribution >= 0.6 is 0 Å². The molecule has 3 aromatic carbocycles. The Morgan fingerprint density at radius 3 is 2.35 bits per heavy atom. The molecule has 0 fully saturated rings. The molecule has 2 aromatic heterocycles. The summed E-state index contributed by atoms with van der Waals surface area (Å²) in [6.07, 6.45) is 0. The Morgan fingerprint density at radius 1 is 0.882 bits per heavy atom. The maximum atomic E-state index is 12.9. The van der Waals surface area contributed by atoms with E-state index >= 15 is 0 Å². The van der Waals surface area contributed by atoms with Gasteiger partial charge < -0.3 is 20.0 Å². The normalized spacial score (nSPS) is 10.8. The molecule has 0 unspecified atom stereocenters. The van der Waals surface area contributed by atoms with Crippen LogP contribution in [0.25, 0.3) is 28.0 Å². The molecule has 2 heterocycles. The number of hydrogen-bond donors (Lipinski definition) is 3. The number of benzene rings is 3. The number of anilines is 1. The lowest BCUT2D eigenvalue weighted by Gasteiger charge is -2.08. The summed E-state index contributed by atoms with van der Waals surface area (Å²) in [6, 6.07) is 25.2. The monoisotopic (exact) mass is 453 g/mol. The fourth-order valence-corrected chi connectivity index (χ4v) is 3.55. The average molecular weight is 453 g/mol. The van der Waals surface area contributed by atoms with Gasteiger partial charge in [-0.2, -0.15) is 5.10 Å². The number of nitrogens with zero attached hydrogens (tertiary/aromatic N) is 2. The van der Waals surface area contributed by atoms with Crippen LogP contribution in [0.5, 0.6) is 0 Å². The lowest BCUT2D eigenvalue weighted by atomic mass is 10.1. The van der Waals surface area contributed by atoms with Gasteiger partial charge in [0.1, 0.15) is 0 Å². The van der Waals surface area contributed by atoms with Crippen molar-refractivity contribution in [3.05, 3.63) is 101 Å².